The maximum atomic E-state index is 12.4. The molecule has 148 valence electrons. The topological polar surface area (TPSA) is 84.3 Å². The molecule has 0 saturated carbocycles. The van der Waals surface area contributed by atoms with Crippen LogP contribution in [0.4, 0.5) is 5.69 Å². The average Bonchev–Trinajstić information content (AvgIpc) is 3.25. The van der Waals surface area contributed by atoms with Crippen molar-refractivity contribution < 1.29 is 13.2 Å². The number of aromatic nitrogens is 2. The Hall–Kier alpha value is -2.23. The first-order valence-corrected chi connectivity index (χ1v) is 11.6. The van der Waals surface area contributed by atoms with E-state index >= 15 is 0 Å². The van der Waals surface area contributed by atoms with Crippen LogP contribution in [0.3, 0.4) is 0 Å². The van der Waals surface area contributed by atoms with Crippen molar-refractivity contribution in [3.8, 4) is 0 Å². The Labute approximate surface area is 168 Å². The van der Waals surface area contributed by atoms with E-state index in [4.69, 9.17) is 4.98 Å². The number of benzene rings is 1. The van der Waals surface area contributed by atoms with Gasteiger partial charge < -0.3 is 9.88 Å². The minimum absolute atomic E-state index is 0.226. The molecular formula is C19H22N4O3S2. The van der Waals surface area contributed by atoms with Crippen LogP contribution in [0.5, 0.6) is 0 Å². The van der Waals surface area contributed by atoms with Gasteiger partial charge in [0.05, 0.1) is 17.6 Å². The molecule has 0 bridgehead atoms. The summed E-state index contributed by atoms with van der Waals surface area (Å²) in [4.78, 5) is 17.1. The van der Waals surface area contributed by atoms with Gasteiger partial charge in [-0.15, -0.1) is 11.3 Å². The van der Waals surface area contributed by atoms with Crippen LogP contribution in [0, 0.1) is 0 Å². The number of amides is 1. The highest BCUT2D eigenvalue weighted by molar-refractivity contribution is 7.91. The van der Waals surface area contributed by atoms with Crippen LogP contribution in [0.25, 0.3) is 11.0 Å². The first-order chi connectivity index (χ1) is 13.4. The van der Waals surface area contributed by atoms with Gasteiger partial charge in [-0.2, -0.15) is 4.31 Å². The number of likely N-dealkylation sites (N-methyl/N-ethyl adjacent to an activating group) is 1. The van der Waals surface area contributed by atoms with Crippen LogP contribution in [0.2, 0.25) is 0 Å². The lowest BCUT2D eigenvalue weighted by molar-refractivity contribution is -0.116. The molecule has 1 aliphatic heterocycles. The van der Waals surface area contributed by atoms with Crippen LogP contribution in [-0.2, 0) is 27.8 Å². The van der Waals surface area contributed by atoms with Crippen molar-refractivity contribution in [2.45, 2.75) is 36.4 Å². The molecule has 1 aliphatic rings. The van der Waals surface area contributed by atoms with Crippen LogP contribution in [0.15, 0.2) is 39.9 Å². The van der Waals surface area contributed by atoms with Gasteiger partial charge in [0.25, 0.3) is 10.0 Å². The Morgan fingerprint density at radius 1 is 1.29 bits per heavy atom. The molecule has 7 nitrogen and oxygen atoms in total. The van der Waals surface area contributed by atoms with Gasteiger partial charge >= 0.3 is 0 Å². The lowest BCUT2D eigenvalue weighted by atomic mass is 10.2. The minimum atomic E-state index is -3.65. The summed E-state index contributed by atoms with van der Waals surface area (Å²) < 4.78 is 28.4. The molecule has 9 heteroatoms. The molecule has 1 amide bonds. The zero-order valence-electron chi connectivity index (χ0n) is 15.6. The van der Waals surface area contributed by atoms with Crippen LogP contribution in [0.1, 0.15) is 25.1 Å². The molecule has 0 aliphatic carbocycles. The Balaban J connectivity index is 1.48. The third kappa shape index (κ3) is 3.69. The highest BCUT2D eigenvalue weighted by Crippen LogP contribution is 2.25. The molecule has 0 unspecified atom stereocenters. The second-order valence-corrected chi connectivity index (χ2v) is 10.2. The molecule has 4 rings (SSSR count). The largest absolute Gasteiger partial charge is 0.328 e. The standard InChI is InChI=1S/C19H22N4O3S2/c1-22(28(25,26)19-7-5-11-27-19)13-18(24)20-14-8-9-16-15(12-14)21-17-6-3-2-4-10-23(16)17/h5,7-9,11-12H,2-4,6,10,13H2,1H3,(H,20,24). The zero-order valence-corrected chi connectivity index (χ0v) is 17.2. The third-order valence-corrected chi connectivity index (χ3v) is 8.10. The van der Waals surface area contributed by atoms with Gasteiger partial charge in [0.1, 0.15) is 10.0 Å². The molecular weight excluding hydrogens is 396 g/mol. The number of imidazole rings is 1. The summed E-state index contributed by atoms with van der Waals surface area (Å²) in [5.41, 5.74) is 2.55. The second-order valence-electron chi connectivity index (χ2n) is 6.94. The summed E-state index contributed by atoms with van der Waals surface area (Å²) in [6.07, 6.45) is 4.50. The molecule has 2 aromatic heterocycles. The number of hydrogen-bond donors (Lipinski definition) is 1. The van der Waals surface area contributed by atoms with Gasteiger partial charge in [-0.25, -0.2) is 13.4 Å². The monoisotopic (exact) mass is 418 g/mol. The Bertz CT molecular complexity index is 1100. The van der Waals surface area contributed by atoms with E-state index in [1.54, 1.807) is 11.4 Å². The first-order valence-electron chi connectivity index (χ1n) is 9.24. The van der Waals surface area contributed by atoms with E-state index in [1.165, 1.54) is 19.5 Å². The van der Waals surface area contributed by atoms with E-state index in [0.717, 1.165) is 58.3 Å². The van der Waals surface area contributed by atoms with E-state index in [9.17, 15) is 13.2 Å². The van der Waals surface area contributed by atoms with Gasteiger partial charge in [-0.3, -0.25) is 4.79 Å². The van der Waals surface area contributed by atoms with E-state index in [2.05, 4.69) is 9.88 Å². The van der Waals surface area contributed by atoms with Crippen LogP contribution >= 0.6 is 11.3 Å². The number of aryl methyl sites for hydroxylation is 2. The molecule has 0 saturated heterocycles. The van der Waals surface area contributed by atoms with Crippen molar-refractivity contribution in [2.24, 2.45) is 0 Å². The maximum absolute atomic E-state index is 12.4. The number of carbonyl (C=O) groups excluding carboxylic acids is 1. The van der Waals surface area contributed by atoms with Gasteiger partial charge in [0.15, 0.2) is 0 Å². The number of rotatable bonds is 5. The second kappa shape index (κ2) is 7.65. The lowest BCUT2D eigenvalue weighted by Crippen LogP contribution is -2.34. The van der Waals surface area contributed by atoms with Crippen molar-refractivity contribution in [3.05, 3.63) is 41.5 Å². The zero-order chi connectivity index (χ0) is 19.7. The number of hydrogen-bond acceptors (Lipinski definition) is 5. The highest BCUT2D eigenvalue weighted by Gasteiger charge is 2.24. The lowest BCUT2D eigenvalue weighted by Gasteiger charge is -2.15. The van der Waals surface area contributed by atoms with E-state index in [1.807, 2.05) is 18.2 Å². The molecule has 3 heterocycles. The smallest absolute Gasteiger partial charge is 0.252 e. The summed E-state index contributed by atoms with van der Waals surface area (Å²) in [5.74, 6) is 0.709. The molecule has 3 aromatic rings. The number of fused-ring (bicyclic) bond motifs is 3. The first kappa shape index (κ1) is 19.1. The normalized spacial score (nSPS) is 14.8. The van der Waals surface area contributed by atoms with Gasteiger partial charge in [-0.05, 0) is 42.5 Å². The van der Waals surface area contributed by atoms with Gasteiger partial charge in [0, 0.05) is 25.7 Å². The summed E-state index contributed by atoms with van der Waals surface area (Å²) in [7, 11) is -2.24. The molecule has 0 fully saturated rings. The van der Waals surface area contributed by atoms with E-state index < -0.39 is 10.0 Å². The molecule has 28 heavy (non-hydrogen) atoms. The number of nitrogens with one attached hydrogen (secondary N) is 1. The predicted molar refractivity (Wildman–Crippen MR) is 110 cm³/mol. The van der Waals surface area contributed by atoms with Crippen molar-refractivity contribution >= 4 is 44.0 Å². The third-order valence-electron chi connectivity index (χ3n) is 4.92. The number of thiophene rings is 1. The minimum Gasteiger partial charge on any atom is -0.328 e. The van der Waals surface area contributed by atoms with Gasteiger partial charge in [-0.1, -0.05) is 12.5 Å². The molecule has 0 atom stereocenters. The Morgan fingerprint density at radius 3 is 2.93 bits per heavy atom. The number of nitrogens with zero attached hydrogens (tertiary/aromatic N) is 3. The molecule has 1 aromatic carbocycles. The van der Waals surface area contributed by atoms with Crippen LogP contribution < -0.4 is 5.32 Å². The fraction of sp³-hybridized carbons (Fsp3) is 0.368. The summed E-state index contributed by atoms with van der Waals surface area (Å²) >= 11 is 1.13. The summed E-state index contributed by atoms with van der Waals surface area (Å²) in [6, 6.07) is 8.87. The molecule has 0 spiro atoms. The van der Waals surface area contributed by atoms with E-state index in [-0.39, 0.29) is 16.7 Å². The number of carbonyl (C=O) groups is 1. The van der Waals surface area contributed by atoms with Crippen molar-refractivity contribution in [1.82, 2.24) is 13.9 Å². The van der Waals surface area contributed by atoms with Crippen molar-refractivity contribution in [3.63, 3.8) is 0 Å². The summed E-state index contributed by atoms with van der Waals surface area (Å²) in [5, 5.41) is 4.48. The fourth-order valence-corrected chi connectivity index (χ4v) is 5.81. The fourth-order valence-electron chi connectivity index (χ4n) is 3.48. The van der Waals surface area contributed by atoms with Crippen molar-refractivity contribution in [2.75, 3.05) is 18.9 Å². The van der Waals surface area contributed by atoms with Crippen LogP contribution in [-0.4, -0.2) is 41.8 Å². The average molecular weight is 419 g/mol. The number of anilines is 1. The molecule has 0 radical (unpaired) electrons. The van der Waals surface area contributed by atoms with Crippen molar-refractivity contribution in [1.29, 1.82) is 0 Å². The van der Waals surface area contributed by atoms with E-state index in [0.29, 0.717) is 5.69 Å². The van der Waals surface area contributed by atoms with Gasteiger partial charge in [0.2, 0.25) is 5.91 Å². The SMILES string of the molecule is CN(CC(=O)Nc1ccc2c(c1)nc1n2CCCCC1)S(=O)(=O)c1cccs1. The number of sulfonamides is 1. The quantitative estimate of drug-likeness (QED) is 0.690. The Morgan fingerprint density at radius 2 is 2.14 bits per heavy atom. The Kier molecular flexibility index (Phi) is 5.22. The highest BCUT2D eigenvalue weighted by atomic mass is 32.2. The summed E-state index contributed by atoms with van der Waals surface area (Å²) in [6.45, 7) is 0.723. The predicted octanol–water partition coefficient (Wildman–Crippen LogP) is 3.08. The maximum Gasteiger partial charge on any atom is 0.252 e. The molecule has 1 N–H and O–H groups in total.